The summed E-state index contributed by atoms with van der Waals surface area (Å²) in [5, 5.41) is 0. The number of hydrogen-bond acceptors (Lipinski definition) is 0. The molecule has 0 atom stereocenters. The van der Waals surface area contributed by atoms with Crippen LogP contribution in [0.5, 0.6) is 0 Å². The maximum atomic E-state index is 4.97. The summed E-state index contributed by atoms with van der Waals surface area (Å²) in [5.74, 6) is 0. The largest absolute Gasteiger partial charge is 1.00 e. The zero-order chi connectivity index (χ0) is 3.58. The summed E-state index contributed by atoms with van der Waals surface area (Å²) in [7, 11) is 14.9. The van der Waals surface area contributed by atoms with Crippen molar-refractivity contribution in [2.45, 2.75) is 0 Å². The van der Waals surface area contributed by atoms with Crippen molar-refractivity contribution in [2.75, 3.05) is 0 Å². The average molecular weight is 213 g/mol. The molecule has 0 radical (unpaired) electrons. The van der Waals surface area contributed by atoms with Crippen molar-refractivity contribution in [1.29, 1.82) is 0 Å². The van der Waals surface area contributed by atoms with Crippen molar-refractivity contribution in [3.8, 4) is 0 Å². The molecular formula is Cl4NaTi. The van der Waals surface area contributed by atoms with Crippen LogP contribution in [0.3, 0.4) is 0 Å². The molecule has 0 aliphatic carbocycles. The third-order valence-electron chi connectivity index (χ3n) is 0. The Morgan fingerprint density at radius 1 is 1.00 bits per heavy atom. The molecule has 0 fully saturated rings. The predicted molar refractivity (Wildman–Crippen MR) is 17.6 cm³/mol. The Morgan fingerprint density at radius 3 is 1.00 bits per heavy atom. The van der Waals surface area contributed by atoms with Gasteiger partial charge in [0.25, 0.3) is 0 Å². The molecule has 6 heteroatoms. The van der Waals surface area contributed by atoms with Crippen molar-refractivity contribution >= 4 is 27.9 Å². The first kappa shape index (κ1) is 15.9. The van der Waals surface area contributed by atoms with Gasteiger partial charge in [-0.25, -0.2) is 0 Å². The van der Waals surface area contributed by atoms with Crippen molar-refractivity contribution < 1.29 is 56.7 Å². The molecule has 0 spiro atoms. The van der Waals surface area contributed by atoms with Gasteiger partial charge < -0.3 is 12.4 Å². The van der Waals surface area contributed by atoms with E-state index in [9.17, 15) is 0 Å². The molecule has 0 saturated carbocycles. The SMILES string of the molecule is [Cl-].[Cl][Ti]([Cl])[Cl].[Na+]. The first-order valence-electron chi connectivity index (χ1n) is 0.567. The van der Waals surface area contributed by atoms with Crippen LogP contribution in [0.25, 0.3) is 0 Å². The van der Waals surface area contributed by atoms with Crippen LogP contribution in [-0.2, 0) is 14.7 Å². The Kier molecular flexibility index (Phi) is 28.7. The van der Waals surface area contributed by atoms with E-state index in [0.717, 1.165) is 0 Å². The van der Waals surface area contributed by atoms with E-state index in [-0.39, 0.29) is 42.0 Å². The van der Waals surface area contributed by atoms with Gasteiger partial charge in [-0.3, -0.25) is 0 Å². The van der Waals surface area contributed by atoms with Gasteiger partial charge in [0.15, 0.2) is 0 Å². The second-order valence-electron chi connectivity index (χ2n) is 0.214. The fraction of sp³-hybridized carbons (Fsp3) is 0. The maximum absolute atomic E-state index is 4.97. The molecule has 6 heavy (non-hydrogen) atoms. The Bertz CT molecular complexity index is 12.3. The fourth-order valence-electron chi connectivity index (χ4n) is 0. The Hall–Kier alpha value is 2.87. The van der Waals surface area contributed by atoms with Crippen LogP contribution < -0.4 is 42.0 Å². The minimum Gasteiger partial charge on any atom is 1.00 e. The van der Waals surface area contributed by atoms with Crippen LogP contribution >= 0.6 is 27.9 Å². The molecule has 0 nitrogen and oxygen atoms in total. The van der Waals surface area contributed by atoms with E-state index in [1.807, 2.05) is 0 Å². The maximum Gasteiger partial charge on any atom is 1.00 e. The Morgan fingerprint density at radius 2 is 1.00 bits per heavy atom. The molecule has 33 valence electrons. The smallest absolute Gasteiger partial charge is 1.00 e. The summed E-state index contributed by atoms with van der Waals surface area (Å²) in [6.45, 7) is 0. The van der Waals surface area contributed by atoms with Crippen molar-refractivity contribution in [2.24, 2.45) is 0 Å². The molecule has 0 aromatic rings. The van der Waals surface area contributed by atoms with E-state index in [1.54, 1.807) is 0 Å². The van der Waals surface area contributed by atoms with Gasteiger partial charge in [0.05, 0.1) is 0 Å². The van der Waals surface area contributed by atoms with Crippen LogP contribution in [-0.4, -0.2) is 0 Å². The van der Waals surface area contributed by atoms with Crippen molar-refractivity contribution in [3.05, 3.63) is 0 Å². The molecule has 0 amide bonds. The standard InChI is InChI=1S/4ClH.Na.Ti/h4*1H;;/q;;;;+1;+3/p-4. The third kappa shape index (κ3) is 28.7. The summed E-state index contributed by atoms with van der Waals surface area (Å²) < 4.78 is 0. The van der Waals surface area contributed by atoms with E-state index < -0.39 is 14.7 Å². The molecule has 0 rings (SSSR count). The molecule has 0 aromatic heterocycles. The summed E-state index contributed by atoms with van der Waals surface area (Å²) in [4.78, 5) is 0. The molecule has 0 unspecified atom stereocenters. The molecule has 0 heterocycles. The summed E-state index contributed by atoms with van der Waals surface area (Å²) in [6, 6.07) is 0. The summed E-state index contributed by atoms with van der Waals surface area (Å²) >= 11 is -1.92. The van der Waals surface area contributed by atoms with E-state index in [4.69, 9.17) is 27.9 Å². The molecule has 0 aliphatic heterocycles. The van der Waals surface area contributed by atoms with Crippen LogP contribution in [0, 0.1) is 0 Å². The zero-order valence-corrected chi connectivity index (χ0v) is 9.60. The van der Waals surface area contributed by atoms with E-state index in [2.05, 4.69) is 0 Å². The average Bonchev–Trinajstić information content (AvgIpc) is 0.811. The van der Waals surface area contributed by atoms with Crippen molar-refractivity contribution in [3.63, 3.8) is 0 Å². The van der Waals surface area contributed by atoms with E-state index in [0.29, 0.717) is 0 Å². The van der Waals surface area contributed by atoms with Gasteiger partial charge in [-0.2, -0.15) is 0 Å². The topological polar surface area (TPSA) is 0 Å². The monoisotopic (exact) mass is 211 g/mol. The van der Waals surface area contributed by atoms with Crippen LogP contribution in [0.15, 0.2) is 0 Å². The van der Waals surface area contributed by atoms with Gasteiger partial charge in [-0.15, -0.1) is 0 Å². The molecule has 0 aliphatic rings. The van der Waals surface area contributed by atoms with E-state index >= 15 is 0 Å². The van der Waals surface area contributed by atoms with Gasteiger partial charge in [-0.05, 0) is 0 Å². The Balaban J connectivity index is -0.0000000450. The van der Waals surface area contributed by atoms with Crippen LogP contribution in [0.4, 0.5) is 0 Å². The third-order valence-corrected chi connectivity index (χ3v) is 0. The fourth-order valence-corrected chi connectivity index (χ4v) is 0. The number of halogens is 4. The van der Waals surface area contributed by atoms with E-state index in [1.165, 1.54) is 0 Å². The molecule has 0 saturated heterocycles. The first-order chi connectivity index (χ1) is 1.73. The van der Waals surface area contributed by atoms with Gasteiger partial charge in [0, 0.05) is 0 Å². The summed E-state index contributed by atoms with van der Waals surface area (Å²) in [5.41, 5.74) is 0. The van der Waals surface area contributed by atoms with Crippen molar-refractivity contribution in [1.82, 2.24) is 0 Å². The molecule has 0 N–H and O–H groups in total. The minimum absolute atomic E-state index is 0. The van der Waals surface area contributed by atoms with Gasteiger partial charge in [-0.1, -0.05) is 0 Å². The van der Waals surface area contributed by atoms with Crippen LogP contribution in [0.1, 0.15) is 0 Å². The molecular weight excluding hydrogens is 213 g/mol. The van der Waals surface area contributed by atoms with Gasteiger partial charge >= 0.3 is 72.2 Å². The minimum atomic E-state index is -1.92. The van der Waals surface area contributed by atoms with Gasteiger partial charge in [0.1, 0.15) is 0 Å². The second kappa shape index (κ2) is 10.8. The predicted octanol–water partition coefficient (Wildman–Crippen LogP) is -3.93. The quantitative estimate of drug-likeness (QED) is 0.360. The molecule has 0 bridgehead atoms. The number of hydrogen-bond donors (Lipinski definition) is 0. The second-order valence-corrected chi connectivity index (χ2v) is 7.95. The molecule has 0 aromatic carbocycles. The van der Waals surface area contributed by atoms with Crippen LogP contribution in [0.2, 0.25) is 0 Å². The van der Waals surface area contributed by atoms with Gasteiger partial charge in [0.2, 0.25) is 0 Å². The Labute approximate surface area is 83.1 Å². The normalized spacial score (nSPS) is 4.50. The first-order valence-corrected chi connectivity index (χ1v) is 7.01. The number of rotatable bonds is 0. The summed E-state index contributed by atoms with van der Waals surface area (Å²) in [6.07, 6.45) is 0. The zero-order valence-electron chi connectivity index (χ0n) is 3.01.